The van der Waals surface area contributed by atoms with Crippen LogP contribution in [0.15, 0.2) is 18.5 Å². The highest BCUT2D eigenvalue weighted by molar-refractivity contribution is 6.33. The van der Waals surface area contributed by atoms with Crippen LogP contribution in [-0.4, -0.2) is 11.0 Å². The van der Waals surface area contributed by atoms with Crippen molar-refractivity contribution in [3.05, 3.63) is 23.5 Å². The first-order valence-corrected chi connectivity index (χ1v) is 6.90. The van der Waals surface area contributed by atoms with E-state index >= 15 is 0 Å². The maximum absolute atomic E-state index is 6.14. The van der Waals surface area contributed by atoms with Crippen molar-refractivity contribution in [2.45, 2.75) is 45.6 Å². The van der Waals surface area contributed by atoms with Crippen molar-refractivity contribution in [2.24, 2.45) is 11.8 Å². The lowest BCUT2D eigenvalue weighted by atomic mass is 9.79. The van der Waals surface area contributed by atoms with E-state index in [1.165, 1.54) is 25.7 Å². The van der Waals surface area contributed by atoms with Crippen LogP contribution in [0.1, 0.15) is 39.5 Å². The molecule has 0 aliphatic heterocycles. The molecule has 17 heavy (non-hydrogen) atoms. The molecule has 94 valence electrons. The van der Waals surface area contributed by atoms with Crippen LogP contribution in [0.3, 0.4) is 0 Å². The summed E-state index contributed by atoms with van der Waals surface area (Å²) < 4.78 is 0. The third-order valence-corrected chi connectivity index (χ3v) is 4.11. The number of aromatic nitrogens is 1. The van der Waals surface area contributed by atoms with Gasteiger partial charge in [0.15, 0.2) is 0 Å². The zero-order chi connectivity index (χ0) is 12.3. The van der Waals surface area contributed by atoms with Crippen LogP contribution in [0, 0.1) is 11.8 Å². The molecule has 0 spiro atoms. The number of nitrogens with zero attached hydrogens (tertiary/aromatic N) is 1. The molecule has 1 aromatic rings. The first kappa shape index (κ1) is 12.7. The van der Waals surface area contributed by atoms with E-state index in [0.29, 0.717) is 6.04 Å². The normalized spacial score (nSPS) is 24.9. The zero-order valence-electron chi connectivity index (χ0n) is 10.6. The lowest BCUT2D eigenvalue weighted by Gasteiger charge is -2.32. The molecule has 2 atom stereocenters. The molecule has 1 fully saturated rings. The number of hydrogen-bond donors (Lipinski definition) is 1. The highest BCUT2D eigenvalue weighted by atomic mass is 35.5. The van der Waals surface area contributed by atoms with Crippen molar-refractivity contribution in [2.75, 3.05) is 5.32 Å². The lowest BCUT2D eigenvalue weighted by Crippen LogP contribution is -2.29. The fourth-order valence-corrected chi connectivity index (χ4v) is 2.83. The summed E-state index contributed by atoms with van der Waals surface area (Å²) in [6.07, 6.45) is 8.74. The Kier molecular flexibility index (Phi) is 4.27. The van der Waals surface area contributed by atoms with E-state index in [0.717, 1.165) is 22.5 Å². The summed E-state index contributed by atoms with van der Waals surface area (Å²) >= 11 is 6.14. The van der Waals surface area contributed by atoms with Gasteiger partial charge < -0.3 is 5.32 Å². The molecule has 0 aromatic carbocycles. The molecule has 2 rings (SSSR count). The Morgan fingerprint density at radius 2 is 2.24 bits per heavy atom. The summed E-state index contributed by atoms with van der Waals surface area (Å²) in [6, 6.07) is 2.39. The van der Waals surface area contributed by atoms with Crippen LogP contribution in [0.2, 0.25) is 5.02 Å². The minimum absolute atomic E-state index is 0.554. The number of rotatable bonds is 3. The standard InChI is InChI=1S/C14H21ClN2/c1-10(2)11-4-3-5-12(8-11)17-14-9-16-7-6-13(14)15/h6-7,9-12,17H,3-5,8H2,1-2H3. The molecule has 0 bridgehead atoms. The van der Waals surface area contributed by atoms with Crippen molar-refractivity contribution in [3.63, 3.8) is 0 Å². The lowest BCUT2D eigenvalue weighted by molar-refractivity contribution is 0.264. The first-order valence-electron chi connectivity index (χ1n) is 6.53. The topological polar surface area (TPSA) is 24.9 Å². The number of anilines is 1. The van der Waals surface area contributed by atoms with Crippen LogP contribution < -0.4 is 5.32 Å². The van der Waals surface area contributed by atoms with Crippen LogP contribution in [0.5, 0.6) is 0 Å². The molecule has 1 N–H and O–H groups in total. The molecule has 0 saturated heterocycles. The molecule has 1 aromatic heterocycles. The Bertz CT molecular complexity index is 365. The van der Waals surface area contributed by atoms with Gasteiger partial charge in [0.1, 0.15) is 0 Å². The maximum Gasteiger partial charge on any atom is 0.0718 e. The number of nitrogens with one attached hydrogen (secondary N) is 1. The van der Waals surface area contributed by atoms with E-state index in [9.17, 15) is 0 Å². The molecule has 0 radical (unpaired) electrons. The Hall–Kier alpha value is -0.760. The quantitative estimate of drug-likeness (QED) is 0.865. The molecular weight excluding hydrogens is 232 g/mol. The minimum atomic E-state index is 0.554. The smallest absolute Gasteiger partial charge is 0.0718 e. The SMILES string of the molecule is CC(C)C1CCCC(Nc2cnccc2Cl)C1. The minimum Gasteiger partial charge on any atom is -0.380 e. The summed E-state index contributed by atoms with van der Waals surface area (Å²) in [5, 5.41) is 4.31. The fraction of sp³-hybridized carbons (Fsp3) is 0.643. The van der Waals surface area contributed by atoms with Gasteiger partial charge in [-0.15, -0.1) is 0 Å². The second-order valence-corrected chi connectivity index (χ2v) is 5.77. The second-order valence-electron chi connectivity index (χ2n) is 5.37. The van der Waals surface area contributed by atoms with E-state index < -0.39 is 0 Å². The van der Waals surface area contributed by atoms with Gasteiger partial charge >= 0.3 is 0 Å². The monoisotopic (exact) mass is 252 g/mol. The Morgan fingerprint density at radius 3 is 2.94 bits per heavy atom. The maximum atomic E-state index is 6.14. The predicted octanol–water partition coefficient (Wildman–Crippen LogP) is 4.36. The van der Waals surface area contributed by atoms with Crippen molar-refractivity contribution in [1.82, 2.24) is 4.98 Å². The predicted molar refractivity (Wildman–Crippen MR) is 73.5 cm³/mol. The number of hydrogen-bond acceptors (Lipinski definition) is 2. The van der Waals surface area contributed by atoms with Gasteiger partial charge in [0, 0.05) is 12.2 Å². The third-order valence-electron chi connectivity index (χ3n) is 3.79. The van der Waals surface area contributed by atoms with Crippen molar-refractivity contribution >= 4 is 17.3 Å². The van der Waals surface area contributed by atoms with Crippen LogP contribution in [-0.2, 0) is 0 Å². The van der Waals surface area contributed by atoms with E-state index in [2.05, 4.69) is 24.1 Å². The molecular formula is C14H21ClN2. The van der Waals surface area contributed by atoms with E-state index in [4.69, 9.17) is 11.6 Å². The Balaban J connectivity index is 1.97. The Morgan fingerprint density at radius 1 is 1.41 bits per heavy atom. The van der Waals surface area contributed by atoms with Gasteiger partial charge in [0.2, 0.25) is 0 Å². The first-order chi connectivity index (χ1) is 8.16. The molecule has 1 aliphatic carbocycles. The van der Waals surface area contributed by atoms with Crippen molar-refractivity contribution in [1.29, 1.82) is 0 Å². The van der Waals surface area contributed by atoms with Gasteiger partial charge in [-0.3, -0.25) is 4.98 Å². The van der Waals surface area contributed by atoms with Gasteiger partial charge in [-0.05, 0) is 30.7 Å². The average Bonchev–Trinajstić information content (AvgIpc) is 2.32. The molecule has 3 heteroatoms. The third kappa shape index (κ3) is 3.35. The summed E-state index contributed by atoms with van der Waals surface area (Å²) in [4.78, 5) is 4.12. The highest BCUT2D eigenvalue weighted by Crippen LogP contribution is 2.32. The van der Waals surface area contributed by atoms with Gasteiger partial charge in [0.05, 0.1) is 16.9 Å². The van der Waals surface area contributed by atoms with Crippen LogP contribution >= 0.6 is 11.6 Å². The average molecular weight is 253 g/mol. The second kappa shape index (κ2) is 5.72. The summed E-state index contributed by atoms with van der Waals surface area (Å²) in [6.45, 7) is 4.65. The molecule has 1 saturated carbocycles. The molecule has 2 unspecified atom stereocenters. The highest BCUT2D eigenvalue weighted by Gasteiger charge is 2.24. The van der Waals surface area contributed by atoms with Gasteiger partial charge in [-0.1, -0.05) is 38.3 Å². The number of pyridine rings is 1. The zero-order valence-corrected chi connectivity index (χ0v) is 11.4. The van der Waals surface area contributed by atoms with Gasteiger partial charge in [-0.2, -0.15) is 0 Å². The molecule has 2 nitrogen and oxygen atoms in total. The van der Waals surface area contributed by atoms with Crippen LogP contribution in [0.25, 0.3) is 0 Å². The number of halogens is 1. The van der Waals surface area contributed by atoms with Gasteiger partial charge in [0.25, 0.3) is 0 Å². The summed E-state index contributed by atoms with van der Waals surface area (Å²) in [5.74, 6) is 1.63. The van der Waals surface area contributed by atoms with Gasteiger partial charge in [-0.25, -0.2) is 0 Å². The van der Waals surface area contributed by atoms with E-state index in [1.54, 1.807) is 6.20 Å². The summed E-state index contributed by atoms with van der Waals surface area (Å²) in [7, 11) is 0. The van der Waals surface area contributed by atoms with E-state index in [-0.39, 0.29) is 0 Å². The molecule has 1 heterocycles. The van der Waals surface area contributed by atoms with Crippen molar-refractivity contribution < 1.29 is 0 Å². The van der Waals surface area contributed by atoms with Crippen LogP contribution in [0.4, 0.5) is 5.69 Å². The van der Waals surface area contributed by atoms with Crippen molar-refractivity contribution in [3.8, 4) is 0 Å². The molecule has 1 aliphatic rings. The largest absolute Gasteiger partial charge is 0.380 e. The molecule has 0 amide bonds. The van der Waals surface area contributed by atoms with E-state index in [1.807, 2.05) is 12.3 Å². The fourth-order valence-electron chi connectivity index (χ4n) is 2.67. The summed E-state index contributed by atoms with van der Waals surface area (Å²) in [5.41, 5.74) is 0.976. The Labute approximate surface area is 109 Å².